The molecule has 72 valence electrons. The molecule has 0 bridgehead atoms. The van der Waals surface area contributed by atoms with E-state index in [2.05, 4.69) is 9.97 Å². The van der Waals surface area contributed by atoms with Crippen molar-refractivity contribution in [2.24, 2.45) is 0 Å². The smallest absolute Gasteiger partial charge is 0.169 e. The highest BCUT2D eigenvalue weighted by Gasteiger charge is 2.10. The number of fused-ring (bicyclic) bond motifs is 3. The molecular formula is C11H6N2O2. The molecule has 0 unspecified atom stereocenters. The van der Waals surface area contributed by atoms with Crippen LogP contribution in [0.2, 0.25) is 0 Å². The largest absolute Gasteiger partial charge is 0.454 e. The van der Waals surface area contributed by atoms with Crippen LogP contribution in [0.3, 0.4) is 0 Å². The van der Waals surface area contributed by atoms with Gasteiger partial charge < -0.3 is 4.42 Å². The Morgan fingerprint density at radius 1 is 1.20 bits per heavy atom. The summed E-state index contributed by atoms with van der Waals surface area (Å²) in [6.07, 6.45) is 5.59. The van der Waals surface area contributed by atoms with Crippen LogP contribution in [0.5, 0.6) is 0 Å². The first kappa shape index (κ1) is 8.11. The SMILES string of the molecule is O=Cc1nccc2oc3cnccc3c12. The molecule has 0 saturated carbocycles. The van der Waals surface area contributed by atoms with Crippen LogP contribution in [-0.4, -0.2) is 16.3 Å². The van der Waals surface area contributed by atoms with E-state index in [9.17, 15) is 4.79 Å². The molecule has 3 aromatic heterocycles. The monoisotopic (exact) mass is 198 g/mol. The molecule has 0 N–H and O–H groups in total. The number of hydrogen-bond acceptors (Lipinski definition) is 4. The van der Waals surface area contributed by atoms with E-state index >= 15 is 0 Å². The van der Waals surface area contributed by atoms with Gasteiger partial charge in [-0.05, 0) is 12.1 Å². The predicted octanol–water partition coefficient (Wildman–Crippen LogP) is 2.19. The number of nitrogens with zero attached hydrogens (tertiary/aromatic N) is 2. The molecular weight excluding hydrogens is 192 g/mol. The Kier molecular flexibility index (Phi) is 1.56. The fraction of sp³-hybridized carbons (Fsp3) is 0. The quantitative estimate of drug-likeness (QED) is 0.562. The second-order valence-corrected chi connectivity index (χ2v) is 3.16. The van der Waals surface area contributed by atoms with Gasteiger partial charge in [0.1, 0.15) is 11.3 Å². The fourth-order valence-electron chi connectivity index (χ4n) is 1.69. The number of aldehydes is 1. The number of carbonyl (C=O) groups is 1. The summed E-state index contributed by atoms with van der Waals surface area (Å²) in [4.78, 5) is 18.8. The van der Waals surface area contributed by atoms with Crippen molar-refractivity contribution in [2.75, 3.05) is 0 Å². The van der Waals surface area contributed by atoms with Crippen LogP contribution in [0.25, 0.3) is 21.9 Å². The van der Waals surface area contributed by atoms with Crippen molar-refractivity contribution < 1.29 is 9.21 Å². The second kappa shape index (κ2) is 2.88. The molecule has 3 rings (SSSR count). The van der Waals surface area contributed by atoms with E-state index in [1.807, 2.05) is 6.07 Å². The zero-order valence-electron chi connectivity index (χ0n) is 7.68. The van der Waals surface area contributed by atoms with E-state index < -0.39 is 0 Å². The molecule has 0 aliphatic rings. The van der Waals surface area contributed by atoms with Crippen LogP contribution < -0.4 is 0 Å². The van der Waals surface area contributed by atoms with E-state index in [4.69, 9.17) is 4.42 Å². The summed E-state index contributed by atoms with van der Waals surface area (Å²) in [5, 5.41) is 1.63. The van der Waals surface area contributed by atoms with Crippen LogP contribution in [0, 0.1) is 0 Å². The van der Waals surface area contributed by atoms with Crippen molar-refractivity contribution in [3.63, 3.8) is 0 Å². The zero-order valence-corrected chi connectivity index (χ0v) is 7.68. The van der Waals surface area contributed by atoms with Crippen LogP contribution in [0.4, 0.5) is 0 Å². The van der Waals surface area contributed by atoms with Crippen molar-refractivity contribution in [1.82, 2.24) is 9.97 Å². The van der Waals surface area contributed by atoms with Crippen LogP contribution in [0.1, 0.15) is 10.5 Å². The lowest BCUT2D eigenvalue weighted by atomic mass is 10.2. The Hall–Kier alpha value is -2.23. The highest BCUT2D eigenvalue weighted by Crippen LogP contribution is 2.28. The maximum Gasteiger partial charge on any atom is 0.169 e. The summed E-state index contributed by atoms with van der Waals surface area (Å²) in [7, 11) is 0. The third-order valence-electron chi connectivity index (χ3n) is 2.33. The molecule has 0 radical (unpaired) electrons. The molecule has 0 spiro atoms. The number of hydrogen-bond donors (Lipinski definition) is 0. The van der Waals surface area contributed by atoms with Gasteiger partial charge >= 0.3 is 0 Å². The van der Waals surface area contributed by atoms with Crippen molar-refractivity contribution in [1.29, 1.82) is 0 Å². The first-order valence-electron chi connectivity index (χ1n) is 4.46. The molecule has 15 heavy (non-hydrogen) atoms. The molecule has 0 aliphatic heterocycles. The van der Waals surface area contributed by atoms with E-state index in [0.29, 0.717) is 16.9 Å². The standard InChI is InChI=1S/C11H6N2O2/c14-6-8-11-7-1-3-12-5-10(7)15-9(11)2-4-13-8/h1-6H. The Morgan fingerprint density at radius 2 is 2.13 bits per heavy atom. The van der Waals surface area contributed by atoms with Gasteiger partial charge in [0.25, 0.3) is 0 Å². The van der Waals surface area contributed by atoms with Gasteiger partial charge in [-0.15, -0.1) is 0 Å². The molecule has 3 heterocycles. The van der Waals surface area contributed by atoms with E-state index in [0.717, 1.165) is 17.1 Å². The molecule has 0 aromatic carbocycles. The van der Waals surface area contributed by atoms with Gasteiger partial charge in [0.15, 0.2) is 11.9 Å². The van der Waals surface area contributed by atoms with Gasteiger partial charge in [0, 0.05) is 17.8 Å². The summed E-state index contributed by atoms with van der Waals surface area (Å²) in [5.74, 6) is 0. The minimum absolute atomic E-state index is 0.400. The Bertz CT molecular complexity index is 658. The molecule has 3 aromatic rings. The average molecular weight is 198 g/mol. The topological polar surface area (TPSA) is 56.0 Å². The van der Waals surface area contributed by atoms with Gasteiger partial charge in [-0.1, -0.05) is 0 Å². The number of pyridine rings is 2. The van der Waals surface area contributed by atoms with Gasteiger partial charge in [0.05, 0.1) is 11.6 Å². The molecule has 0 atom stereocenters. The van der Waals surface area contributed by atoms with Crippen LogP contribution >= 0.6 is 0 Å². The predicted molar refractivity (Wildman–Crippen MR) is 54.7 cm³/mol. The van der Waals surface area contributed by atoms with Crippen molar-refractivity contribution >= 4 is 28.2 Å². The Balaban J connectivity index is 2.62. The fourth-order valence-corrected chi connectivity index (χ4v) is 1.69. The van der Waals surface area contributed by atoms with Crippen molar-refractivity contribution in [3.05, 3.63) is 36.4 Å². The lowest BCUT2D eigenvalue weighted by Crippen LogP contribution is -1.85. The van der Waals surface area contributed by atoms with Crippen molar-refractivity contribution in [3.8, 4) is 0 Å². The summed E-state index contributed by atoms with van der Waals surface area (Å²) in [5.41, 5.74) is 1.73. The van der Waals surface area contributed by atoms with E-state index in [-0.39, 0.29) is 0 Å². The molecule has 4 heteroatoms. The lowest BCUT2D eigenvalue weighted by Gasteiger charge is -1.91. The second-order valence-electron chi connectivity index (χ2n) is 3.16. The number of rotatable bonds is 1. The highest BCUT2D eigenvalue weighted by atomic mass is 16.3. The average Bonchev–Trinajstić information content (AvgIpc) is 2.67. The first-order chi connectivity index (χ1) is 7.40. The van der Waals surface area contributed by atoms with E-state index in [1.54, 1.807) is 24.7 Å². The number of carbonyl (C=O) groups excluding carboxylic acids is 1. The highest BCUT2D eigenvalue weighted by molar-refractivity contribution is 6.10. The molecule has 0 saturated heterocycles. The van der Waals surface area contributed by atoms with E-state index in [1.165, 1.54) is 0 Å². The zero-order chi connectivity index (χ0) is 10.3. The van der Waals surface area contributed by atoms with Gasteiger partial charge in [-0.3, -0.25) is 14.8 Å². The van der Waals surface area contributed by atoms with Gasteiger partial charge in [-0.25, -0.2) is 0 Å². The van der Waals surface area contributed by atoms with Gasteiger partial charge in [-0.2, -0.15) is 0 Å². The number of aromatic nitrogens is 2. The third-order valence-corrected chi connectivity index (χ3v) is 2.33. The Morgan fingerprint density at radius 3 is 3.00 bits per heavy atom. The Labute approximate surface area is 84.6 Å². The summed E-state index contributed by atoms with van der Waals surface area (Å²) in [6, 6.07) is 3.55. The summed E-state index contributed by atoms with van der Waals surface area (Å²) >= 11 is 0. The normalized spacial score (nSPS) is 10.9. The minimum Gasteiger partial charge on any atom is -0.454 e. The summed E-state index contributed by atoms with van der Waals surface area (Å²) in [6.45, 7) is 0. The molecule has 4 nitrogen and oxygen atoms in total. The lowest BCUT2D eigenvalue weighted by molar-refractivity contribution is 0.112. The van der Waals surface area contributed by atoms with Crippen molar-refractivity contribution in [2.45, 2.75) is 0 Å². The maximum atomic E-state index is 10.8. The molecule has 0 aliphatic carbocycles. The molecule has 0 amide bonds. The summed E-state index contributed by atoms with van der Waals surface area (Å²) < 4.78 is 5.53. The minimum atomic E-state index is 0.400. The van der Waals surface area contributed by atoms with Crippen LogP contribution in [0.15, 0.2) is 35.1 Å². The maximum absolute atomic E-state index is 10.8. The van der Waals surface area contributed by atoms with Crippen LogP contribution in [-0.2, 0) is 0 Å². The van der Waals surface area contributed by atoms with Gasteiger partial charge in [0.2, 0.25) is 0 Å². The first-order valence-corrected chi connectivity index (χ1v) is 4.46. The number of furan rings is 1. The third kappa shape index (κ3) is 1.05. The molecule has 0 fully saturated rings.